The molecule has 0 amide bonds. The van der Waals surface area contributed by atoms with Crippen LogP contribution >= 0.6 is 0 Å². The van der Waals surface area contributed by atoms with Gasteiger partial charge in [0.25, 0.3) is 0 Å². The molecule has 0 unspecified atom stereocenters. The lowest BCUT2D eigenvalue weighted by Crippen LogP contribution is -2.51. The van der Waals surface area contributed by atoms with Gasteiger partial charge in [0.1, 0.15) is 0 Å². The van der Waals surface area contributed by atoms with E-state index in [9.17, 15) is 0 Å². The van der Waals surface area contributed by atoms with Crippen molar-refractivity contribution >= 4 is 24.4 Å². The molecule has 0 aliphatic rings. The number of rotatable bonds is 3. The van der Waals surface area contributed by atoms with Crippen molar-refractivity contribution in [2.24, 2.45) is 0 Å². The highest BCUT2D eigenvalue weighted by atomic mass is 28.3. The maximum Gasteiger partial charge on any atom is 0.154 e. The average Bonchev–Trinajstić information content (AvgIpc) is 2.59. The first kappa shape index (κ1) is 15.6. The van der Waals surface area contributed by atoms with Gasteiger partial charge in [0, 0.05) is 0 Å². The Morgan fingerprint density at radius 2 is 0.818 bits per heavy atom. The number of nitrogens with zero attached hydrogens (tertiary/aromatic N) is 2. The van der Waals surface area contributed by atoms with Gasteiger partial charge >= 0.3 is 0 Å². The zero-order valence-electron chi connectivity index (χ0n) is 12.1. The summed E-state index contributed by atoms with van der Waals surface area (Å²) in [6.45, 7) is 0. The summed E-state index contributed by atoms with van der Waals surface area (Å²) in [6.07, 6.45) is 0. The number of benzene rings is 3. The van der Waals surface area contributed by atoms with E-state index in [4.69, 9.17) is 11.1 Å². The zero-order chi connectivity index (χ0) is 15.6. The molecular formula is C18H16N3Si. The molecule has 0 atom stereocenters. The van der Waals surface area contributed by atoms with Crippen molar-refractivity contribution in [1.82, 2.24) is 0 Å². The van der Waals surface area contributed by atoms with E-state index in [0.717, 1.165) is 0 Å². The molecule has 1 N–H and O–H groups in total. The van der Waals surface area contributed by atoms with Crippen molar-refractivity contribution in [3.63, 3.8) is 0 Å². The van der Waals surface area contributed by atoms with Crippen LogP contribution in [0.1, 0.15) is 0 Å². The monoisotopic (exact) mass is 302 g/mol. The highest BCUT2D eigenvalue weighted by Crippen LogP contribution is 1.95. The highest BCUT2D eigenvalue weighted by molar-refractivity contribution is 6.95. The summed E-state index contributed by atoms with van der Waals surface area (Å²) in [6, 6.07) is 32.5. The Morgan fingerprint density at radius 1 is 0.591 bits per heavy atom. The lowest BCUT2D eigenvalue weighted by Gasteiger charge is -2.16. The van der Waals surface area contributed by atoms with Crippen LogP contribution < -0.4 is 15.6 Å². The van der Waals surface area contributed by atoms with Crippen LogP contribution in [0.4, 0.5) is 0 Å². The van der Waals surface area contributed by atoms with Crippen LogP contribution in [0.15, 0.2) is 91.0 Å². The molecule has 0 aromatic heterocycles. The fourth-order valence-electron chi connectivity index (χ4n) is 2.31. The molecule has 0 aliphatic heterocycles. The Hall–Kier alpha value is -2.81. The third kappa shape index (κ3) is 4.09. The number of hydrogen-bond acceptors (Lipinski definition) is 1. The zero-order valence-corrected chi connectivity index (χ0v) is 13.1. The van der Waals surface area contributed by atoms with E-state index in [2.05, 4.69) is 91.0 Å². The van der Waals surface area contributed by atoms with Crippen molar-refractivity contribution in [3.05, 3.63) is 101 Å². The van der Waals surface area contributed by atoms with Gasteiger partial charge in [-0.1, -0.05) is 107 Å². The molecule has 1 radical (unpaired) electrons. The van der Waals surface area contributed by atoms with Crippen LogP contribution in [0.25, 0.3) is 10.4 Å². The van der Waals surface area contributed by atoms with Gasteiger partial charge in [-0.25, -0.2) is 0 Å². The molecule has 0 saturated carbocycles. The normalized spacial score (nSPS) is 9.50. The van der Waals surface area contributed by atoms with E-state index in [1.807, 2.05) is 0 Å². The quantitative estimate of drug-likeness (QED) is 0.254. The fourth-order valence-corrected chi connectivity index (χ4v) is 4.89. The first-order chi connectivity index (χ1) is 10.9. The summed E-state index contributed by atoms with van der Waals surface area (Å²) >= 11 is 0. The summed E-state index contributed by atoms with van der Waals surface area (Å²) < 4.78 is 0. The first-order valence-corrected chi connectivity index (χ1v) is 8.41. The summed E-state index contributed by atoms with van der Waals surface area (Å²) in [5.41, 5.74) is 12.2. The molecule has 3 rings (SSSR count). The predicted octanol–water partition coefficient (Wildman–Crippen LogP) is 3.08. The number of nitrogens with one attached hydrogen (secondary N) is 1. The first-order valence-electron chi connectivity index (χ1n) is 6.91. The van der Waals surface area contributed by atoms with Gasteiger partial charge in [-0.2, -0.15) is 0 Å². The molecule has 0 fully saturated rings. The molecule has 107 valence electrons. The third-order valence-corrected chi connectivity index (χ3v) is 5.92. The van der Waals surface area contributed by atoms with Crippen molar-refractivity contribution in [2.45, 2.75) is 0 Å². The van der Waals surface area contributed by atoms with E-state index in [1.165, 1.54) is 15.6 Å². The van der Waals surface area contributed by atoms with Gasteiger partial charge in [0.05, 0.1) is 0 Å². The molecule has 0 spiro atoms. The van der Waals surface area contributed by atoms with Gasteiger partial charge in [-0.05, 0) is 10.4 Å². The molecule has 3 nitrogen and oxygen atoms in total. The Bertz CT molecular complexity index is 615. The summed E-state index contributed by atoms with van der Waals surface area (Å²) in [5, 5.41) is 4.31. The Kier molecular flexibility index (Phi) is 5.99. The minimum Gasteiger partial charge on any atom is -0.108 e. The van der Waals surface area contributed by atoms with Gasteiger partial charge < -0.3 is 0 Å². The standard InChI is InChI=1S/C18H15Si.HN3/c1-4-10-16(11-5-1)19(17-12-6-2-7-13-17)18-14-8-3-9-15-18;1-3-2/h1-15H;1H. The molecule has 4 heteroatoms. The predicted molar refractivity (Wildman–Crippen MR) is 93.4 cm³/mol. The molecule has 3 aromatic rings. The molecule has 3 aromatic carbocycles. The van der Waals surface area contributed by atoms with Crippen molar-refractivity contribution in [2.75, 3.05) is 0 Å². The Morgan fingerprint density at radius 3 is 1.05 bits per heavy atom. The van der Waals surface area contributed by atoms with Crippen LogP contribution in [0, 0.1) is 5.53 Å². The van der Waals surface area contributed by atoms with Crippen LogP contribution in [-0.2, 0) is 0 Å². The van der Waals surface area contributed by atoms with Crippen LogP contribution in [0.2, 0.25) is 0 Å². The summed E-state index contributed by atoms with van der Waals surface area (Å²) in [5.74, 6) is 0. The Balaban J connectivity index is 0.000000545. The molecule has 0 aliphatic carbocycles. The lowest BCUT2D eigenvalue weighted by molar-refractivity contribution is 1.45. The molecule has 0 heterocycles. The minimum absolute atomic E-state index is 0.877. The maximum atomic E-state index is 6.86. The Labute approximate surface area is 131 Å². The molecule has 22 heavy (non-hydrogen) atoms. The topological polar surface area (TPSA) is 60.3 Å². The van der Waals surface area contributed by atoms with Gasteiger partial charge in [-0.15, -0.1) is 5.53 Å². The lowest BCUT2D eigenvalue weighted by atomic mass is 10.3. The van der Waals surface area contributed by atoms with E-state index in [-0.39, 0.29) is 0 Å². The number of hydrogen-bond donors (Lipinski definition) is 1. The van der Waals surface area contributed by atoms with Crippen LogP contribution in [0.5, 0.6) is 0 Å². The molecule has 0 saturated heterocycles. The van der Waals surface area contributed by atoms with E-state index < -0.39 is 8.80 Å². The second-order valence-corrected chi connectivity index (χ2v) is 7.06. The SMILES string of the molecule is [N-]=[N+]=N.c1ccc([Si](c2ccccc2)c2ccccc2)cc1. The average molecular weight is 302 g/mol. The maximum absolute atomic E-state index is 6.86. The van der Waals surface area contributed by atoms with Crippen molar-refractivity contribution in [3.8, 4) is 0 Å². The summed E-state index contributed by atoms with van der Waals surface area (Å²) in [7, 11) is -0.877. The second-order valence-electron chi connectivity index (χ2n) is 4.57. The minimum atomic E-state index is -0.877. The van der Waals surface area contributed by atoms with Crippen LogP contribution in [-0.4, -0.2) is 8.80 Å². The molecular weight excluding hydrogens is 286 g/mol. The van der Waals surface area contributed by atoms with E-state index in [0.29, 0.717) is 0 Å². The largest absolute Gasteiger partial charge is 0.154 e. The van der Waals surface area contributed by atoms with Crippen molar-refractivity contribution < 1.29 is 0 Å². The smallest absolute Gasteiger partial charge is 0.108 e. The molecule has 0 bridgehead atoms. The fraction of sp³-hybridized carbons (Fsp3) is 0. The van der Waals surface area contributed by atoms with E-state index >= 15 is 0 Å². The highest BCUT2D eigenvalue weighted by Gasteiger charge is 2.18. The van der Waals surface area contributed by atoms with Crippen LogP contribution in [0.3, 0.4) is 0 Å². The second kappa shape index (κ2) is 8.47. The third-order valence-electron chi connectivity index (χ3n) is 3.19. The summed E-state index contributed by atoms with van der Waals surface area (Å²) in [4.78, 5) is 1.75. The van der Waals surface area contributed by atoms with Gasteiger partial charge in [0.2, 0.25) is 0 Å². The van der Waals surface area contributed by atoms with Crippen molar-refractivity contribution in [1.29, 1.82) is 5.53 Å². The van der Waals surface area contributed by atoms with E-state index in [1.54, 1.807) is 4.91 Å². The van der Waals surface area contributed by atoms with Gasteiger partial charge in [-0.3, -0.25) is 0 Å². The van der Waals surface area contributed by atoms with Gasteiger partial charge in [0.15, 0.2) is 8.80 Å².